The van der Waals surface area contributed by atoms with Crippen LogP contribution in [0.2, 0.25) is 0 Å². The molecule has 0 amide bonds. The van der Waals surface area contributed by atoms with Crippen molar-refractivity contribution in [3.05, 3.63) is 139 Å². The molecule has 8 rings (SSSR count). The quantitative estimate of drug-likeness (QED) is 0.189. The Labute approximate surface area is 268 Å². The molecule has 226 valence electrons. The lowest BCUT2D eigenvalue weighted by Crippen LogP contribution is -2.30. The number of rotatable bonds is 6. The first kappa shape index (κ1) is 27.9. The summed E-state index contributed by atoms with van der Waals surface area (Å²) in [7, 11) is 0. The van der Waals surface area contributed by atoms with Gasteiger partial charge in [0, 0.05) is 29.1 Å². The Balaban J connectivity index is 1.19. The highest BCUT2D eigenvalue weighted by Crippen LogP contribution is 2.43. The van der Waals surface area contributed by atoms with Crippen LogP contribution in [0.3, 0.4) is 0 Å². The average Bonchev–Trinajstić information content (AvgIpc) is 3.61. The molecule has 0 bridgehead atoms. The van der Waals surface area contributed by atoms with Gasteiger partial charge in [0.2, 0.25) is 0 Å². The van der Waals surface area contributed by atoms with E-state index in [1.54, 1.807) is 0 Å². The summed E-state index contributed by atoms with van der Waals surface area (Å²) < 4.78 is 8.77. The number of hydrogen-bond acceptors (Lipinski definition) is 5. The molecule has 0 fully saturated rings. The van der Waals surface area contributed by atoms with Crippen LogP contribution < -0.4 is 14.9 Å². The molecule has 0 saturated heterocycles. The summed E-state index contributed by atoms with van der Waals surface area (Å²) in [5.74, 6) is 2.33. The predicted molar refractivity (Wildman–Crippen MR) is 187 cm³/mol. The number of pyridine rings is 1. The third-order valence-corrected chi connectivity index (χ3v) is 8.65. The van der Waals surface area contributed by atoms with Gasteiger partial charge in [0.25, 0.3) is 0 Å². The van der Waals surface area contributed by atoms with E-state index in [1.165, 1.54) is 22.1 Å². The average molecular weight is 603 g/mol. The van der Waals surface area contributed by atoms with Crippen molar-refractivity contribution in [2.45, 2.75) is 33.7 Å². The van der Waals surface area contributed by atoms with Gasteiger partial charge in [0.15, 0.2) is 0 Å². The molecule has 0 spiro atoms. The number of para-hydroxylation sites is 3. The highest BCUT2D eigenvalue weighted by atomic mass is 16.8. The normalized spacial score (nSPS) is 12.8. The van der Waals surface area contributed by atoms with Gasteiger partial charge in [-0.15, -0.1) is 4.94 Å². The molecule has 46 heavy (non-hydrogen) atoms. The van der Waals surface area contributed by atoms with Crippen molar-refractivity contribution in [3.63, 3.8) is 0 Å². The summed E-state index contributed by atoms with van der Waals surface area (Å²) >= 11 is 0. The number of aryl methyl sites for hydroxylation is 2. The molecule has 7 aromatic rings. The van der Waals surface area contributed by atoms with Crippen molar-refractivity contribution in [2.24, 2.45) is 0 Å². The molecule has 0 saturated carbocycles. The Bertz CT molecular complexity index is 2230. The Kier molecular flexibility index (Phi) is 6.73. The molecule has 2 aromatic heterocycles. The highest BCUT2D eigenvalue weighted by molar-refractivity contribution is 6.09. The monoisotopic (exact) mass is 602 g/mol. The zero-order valence-corrected chi connectivity index (χ0v) is 26.3. The highest BCUT2D eigenvalue weighted by Gasteiger charge is 2.30. The third-order valence-electron chi connectivity index (χ3n) is 8.65. The minimum Gasteiger partial charge on any atom is -0.457 e. The summed E-state index contributed by atoms with van der Waals surface area (Å²) in [5.41, 5.74) is 9.94. The molecule has 0 N–H and O–H groups in total. The number of aromatic nitrogens is 2. The lowest BCUT2D eigenvalue weighted by atomic mass is 9.96. The van der Waals surface area contributed by atoms with Crippen molar-refractivity contribution in [3.8, 4) is 28.4 Å². The van der Waals surface area contributed by atoms with Gasteiger partial charge in [-0.3, -0.25) is 4.57 Å². The molecule has 6 nitrogen and oxygen atoms in total. The summed E-state index contributed by atoms with van der Waals surface area (Å²) in [6, 6.07) is 41.9. The lowest BCUT2D eigenvalue weighted by molar-refractivity contribution is 0.112. The van der Waals surface area contributed by atoms with Crippen LogP contribution in [0.25, 0.3) is 38.8 Å². The first-order valence-electron chi connectivity index (χ1n) is 15.7. The van der Waals surface area contributed by atoms with E-state index in [9.17, 15) is 0 Å². The van der Waals surface area contributed by atoms with E-state index in [0.717, 1.165) is 56.4 Å². The summed E-state index contributed by atoms with van der Waals surface area (Å²) in [6.07, 6.45) is 1.90. The van der Waals surface area contributed by atoms with E-state index in [0.29, 0.717) is 0 Å². The van der Waals surface area contributed by atoms with Crippen molar-refractivity contribution >= 4 is 38.9 Å². The molecule has 1 aliphatic rings. The smallest absolute Gasteiger partial charge is 0.138 e. The van der Waals surface area contributed by atoms with E-state index in [2.05, 4.69) is 111 Å². The van der Waals surface area contributed by atoms with Crippen LogP contribution in [0.5, 0.6) is 11.5 Å². The summed E-state index contributed by atoms with van der Waals surface area (Å²) in [6.45, 7) is 8.56. The lowest BCUT2D eigenvalue weighted by Gasteiger charge is -2.23. The van der Waals surface area contributed by atoms with Crippen molar-refractivity contribution in [1.29, 1.82) is 0 Å². The zero-order chi connectivity index (χ0) is 31.4. The topological polar surface area (TPSA) is 42.8 Å². The van der Waals surface area contributed by atoms with Crippen LogP contribution >= 0.6 is 0 Å². The molecule has 5 aromatic carbocycles. The molecule has 0 unspecified atom stereocenters. The molecule has 1 aliphatic heterocycles. The standard InChI is InChI=1S/C40H34N4O2/c1-26(2)43-36-17-7-8-18-37(36)44(46-43)30-13-10-14-31(24-30)45-32-19-20-34-33-15-5-6-16-35(33)42(38(34)25-32)39-23-29(21-22-41-39)40-27(3)11-9-12-28(40)4/h5-26H,1-4H3. The van der Waals surface area contributed by atoms with Crippen molar-refractivity contribution < 1.29 is 9.68 Å². The summed E-state index contributed by atoms with van der Waals surface area (Å²) in [4.78, 5) is 11.2. The van der Waals surface area contributed by atoms with Crippen LogP contribution in [0.15, 0.2) is 128 Å². The maximum absolute atomic E-state index is 6.53. The zero-order valence-electron chi connectivity index (χ0n) is 26.3. The Hall–Kier alpha value is -5.59. The third kappa shape index (κ3) is 4.66. The second-order valence-corrected chi connectivity index (χ2v) is 12.1. The van der Waals surface area contributed by atoms with Gasteiger partial charge in [0.1, 0.15) is 17.3 Å². The Morgan fingerprint density at radius 1 is 0.652 bits per heavy atom. The van der Waals surface area contributed by atoms with Gasteiger partial charge in [-0.05, 0) is 105 Å². The molecule has 3 heterocycles. The fourth-order valence-corrected chi connectivity index (χ4v) is 6.59. The largest absolute Gasteiger partial charge is 0.457 e. The molecule has 0 aliphatic carbocycles. The van der Waals surface area contributed by atoms with E-state index in [-0.39, 0.29) is 6.04 Å². The number of benzene rings is 5. The fourth-order valence-electron chi connectivity index (χ4n) is 6.59. The molecule has 6 heteroatoms. The van der Waals surface area contributed by atoms with Gasteiger partial charge >= 0.3 is 0 Å². The van der Waals surface area contributed by atoms with Crippen LogP contribution in [0.4, 0.5) is 17.1 Å². The molecular weight excluding hydrogens is 568 g/mol. The number of anilines is 3. The number of hydrogen-bond donors (Lipinski definition) is 0. The minimum atomic E-state index is 0.181. The van der Waals surface area contributed by atoms with E-state index in [4.69, 9.17) is 14.7 Å². The van der Waals surface area contributed by atoms with Crippen LogP contribution in [0.1, 0.15) is 25.0 Å². The van der Waals surface area contributed by atoms with Gasteiger partial charge in [-0.25, -0.2) is 10.0 Å². The fraction of sp³-hybridized carbons (Fsp3) is 0.125. The van der Waals surface area contributed by atoms with Crippen molar-refractivity contribution in [2.75, 3.05) is 10.1 Å². The van der Waals surface area contributed by atoms with Crippen LogP contribution in [-0.2, 0) is 4.94 Å². The molecular formula is C40H34N4O2. The van der Waals surface area contributed by atoms with E-state index in [1.807, 2.05) is 58.8 Å². The Morgan fingerprint density at radius 3 is 2.20 bits per heavy atom. The second kappa shape index (κ2) is 11.1. The number of fused-ring (bicyclic) bond motifs is 4. The second-order valence-electron chi connectivity index (χ2n) is 12.1. The maximum atomic E-state index is 6.53. The minimum absolute atomic E-state index is 0.181. The summed E-state index contributed by atoms with van der Waals surface area (Å²) in [5, 5.41) is 6.11. The van der Waals surface area contributed by atoms with Gasteiger partial charge in [0.05, 0.1) is 34.1 Å². The predicted octanol–water partition coefficient (Wildman–Crippen LogP) is 10.5. The van der Waals surface area contributed by atoms with E-state index >= 15 is 0 Å². The van der Waals surface area contributed by atoms with Crippen molar-refractivity contribution in [1.82, 2.24) is 9.55 Å². The molecule has 0 atom stereocenters. The SMILES string of the molecule is Cc1cccc(C)c1-c1ccnc(-n2c3ccccc3c3ccc(Oc4cccc(N5ON(C(C)C)c6ccccc65)c4)cc32)c1. The Morgan fingerprint density at radius 2 is 1.37 bits per heavy atom. The van der Waals surface area contributed by atoms with E-state index < -0.39 is 0 Å². The number of nitrogens with zero attached hydrogens (tertiary/aromatic N) is 4. The first-order chi connectivity index (χ1) is 22.5. The number of ether oxygens (including phenoxy) is 1. The van der Waals surface area contributed by atoms with Crippen LogP contribution in [0, 0.1) is 13.8 Å². The van der Waals surface area contributed by atoms with Crippen LogP contribution in [-0.4, -0.2) is 15.6 Å². The first-order valence-corrected chi connectivity index (χ1v) is 15.7. The van der Waals surface area contributed by atoms with Gasteiger partial charge in [-0.2, -0.15) is 5.06 Å². The maximum Gasteiger partial charge on any atom is 0.138 e. The van der Waals surface area contributed by atoms with Gasteiger partial charge < -0.3 is 4.74 Å². The number of hydroxylamine groups is 1. The van der Waals surface area contributed by atoms with Gasteiger partial charge in [-0.1, -0.05) is 54.6 Å². The molecule has 0 radical (unpaired) electrons.